The Morgan fingerprint density at radius 1 is 1.45 bits per heavy atom. The van der Waals surface area contributed by atoms with Gasteiger partial charge in [0.15, 0.2) is 0 Å². The van der Waals surface area contributed by atoms with Crippen LogP contribution >= 0.6 is 0 Å². The molecule has 20 heavy (non-hydrogen) atoms. The maximum atomic E-state index is 14.0. The minimum Gasteiger partial charge on any atom is -0.314 e. The Morgan fingerprint density at radius 3 is 2.65 bits per heavy atom. The lowest BCUT2D eigenvalue weighted by atomic mass is 9.90. The molecule has 1 saturated heterocycles. The van der Waals surface area contributed by atoms with Crippen molar-refractivity contribution < 1.29 is 9.31 Å². The number of rotatable bonds is 4. The molecule has 1 aliphatic rings. The topological polar surface area (TPSA) is 58.4 Å². The van der Waals surface area contributed by atoms with Crippen molar-refractivity contribution in [3.63, 3.8) is 0 Å². The van der Waals surface area contributed by atoms with Crippen molar-refractivity contribution in [3.05, 3.63) is 39.7 Å². The van der Waals surface area contributed by atoms with E-state index in [1.165, 1.54) is 12.1 Å². The Morgan fingerprint density at radius 2 is 2.10 bits per heavy atom. The molecule has 1 aromatic rings. The van der Waals surface area contributed by atoms with Crippen LogP contribution in [0, 0.1) is 15.9 Å². The van der Waals surface area contributed by atoms with Gasteiger partial charge in [0, 0.05) is 36.8 Å². The summed E-state index contributed by atoms with van der Waals surface area (Å²) in [6, 6.07) is 4.36. The number of hydrogen-bond acceptors (Lipinski definition) is 4. The fraction of sp³-hybridized carbons (Fsp3) is 0.571. The highest BCUT2D eigenvalue weighted by atomic mass is 19.1. The van der Waals surface area contributed by atoms with Gasteiger partial charge < -0.3 is 5.32 Å². The summed E-state index contributed by atoms with van der Waals surface area (Å²) in [6.07, 6.45) is 1.97. The second kappa shape index (κ2) is 5.85. The van der Waals surface area contributed by atoms with Gasteiger partial charge in [-0.15, -0.1) is 0 Å². The maximum absolute atomic E-state index is 14.0. The fourth-order valence-electron chi connectivity index (χ4n) is 2.52. The largest absolute Gasteiger partial charge is 0.314 e. The number of halogens is 1. The van der Waals surface area contributed by atoms with Crippen molar-refractivity contribution in [1.29, 1.82) is 0 Å². The van der Waals surface area contributed by atoms with Crippen LogP contribution in [0.15, 0.2) is 18.2 Å². The zero-order valence-electron chi connectivity index (χ0n) is 11.9. The van der Waals surface area contributed by atoms with Crippen LogP contribution in [-0.4, -0.2) is 35.5 Å². The average molecular weight is 281 g/mol. The third-order valence-electron chi connectivity index (χ3n) is 4.21. The third kappa shape index (κ3) is 3.13. The smallest absolute Gasteiger partial charge is 0.305 e. The van der Waals surface area contributed by atoms with Gasteiger partial charge in [-0.2, -0.15) is 4.39 Å². The first-order valence-electron chi connectivity index (χ1n) is 6.78. The summed E-state index contributed by atoms with van der Waals surface area (Å²) in [4.78, 5) is 12.2. The van der Waals surface area contributed by atoms with Crippen molar-refractivity contribution >= 4 is 5.69 Å². The normalized spacial score (nSPS) is 18.9. The van der Waals surface area contributed by atoms with E-state index in [9.17, 15) is 14.5 Å². The van der Waals surface area contributed by atoms with Crippen LogP contribution in [-0.2, 0) is 6.54 Å². The van der Waals surface area contributed by atoms with Crippen LogP contribution in [0.3, 0.4) is 0 Å². The highest BCUT2D eigenvalue weighted by Gasteiger charge is 2.29. The Kier molecular flexibility index (Phi) is 4.35. The molecule has 110 valence electrons. The predicted molar refractivity (Wildman–Crippen MR) is 75.0 cm³/mol. The Hall–Kier alpha value is -1.53. The van der Waals surface area contributed by atoms with Crippen molar-refractivity contribution in [2.45, 2.75) is 31.8 Å². The van der Waals surface area contributed by atoms with Gasteiger partial charge in [-0.3, -0.25) is 15.0 Å². The lowest BCUT2D eigenvalue weighted by molar-refractivity contribution is -0.387. The molecule has 1 heterocycles. The standard InChI is InChI=1S/C14H20FN3O2/c1-14(16-2)6-8-17(9-7-14)10-11-4-3-5-12(13(11)15)18(19)20/h3-5,16H,6-10H2,1-2H3. The Labute approximate surface area is 117 Å². The summed E-state index contributed by atoms with van der Waals surface area (Å²) in [7, 11) is 1.95. The van der Waals surface area contributed by atoms with Gasteiger partial charge >= 0.3 is 5.69 Å². The number of benzene rings is 1. The summed E-state index contributed by atoms with van der Waals surface area (Å²) in [6.45, 7) is 4.32. The van der Waals surface area contributed by atoms with Crippen molar-refractivity contribution in [2.24, 2.45) is 0 Å². The van der Waals surface area contributed by atoms with E-state index in [2.05, 4.69) is 17.1 Å². The van der Waals surface area contributed by atoms with Gasteiger partial charge in [0.2, 0.25) is 5.82 Å². The molecule has 1 N–H and O–H groups in total. The summed E-state index contributed by atoms with van der Waals surface area (Å²) in [5.74, 6) is -0.709. The van der Waals surface area contributed by atoms with E-state index in [1.807, 2.05) is 7.05 Å². The van der Waals surface area contributed by atoms with E-state index < -0.39 is 16.4 Å². The molecule has 2 rings (SSSR count). The van der Waals surface area contributed by atoms with Crippen LogP contribution in [0.1, 0.15) is 25.3 Å². The molecule has 0 aromatic heterocycles. The van der Waals surface area contributed by atoms with Gasteiger partial charge in [-0.05, 0) is 26.8 Å². The van der Waals surface area contributed by atoms with E-state index in [4.69, 9.17) is 0 Å². The van der Waals surface area contributed by atoms with E-state index in [1.54, 1.807) is 6.07 Å². The molecule has 1 fully saturated rings. The summed E-state index contributed by atoms with van der Waals surface area (Å²) >= 11 is 0. The second-order valence-electron chi connectivity index (χ2n) is 5.59. The van der Waals surface area contributed by atoms with E-state index in [0.717, 1.165) is 25.9 Å². The molecule has 0 amide bonds. The van der Waals surface area contributed by atoms with Crippen LogP contribution in [0.4, 0.5) is 10.1 Å². The number of piperidine rings is 1. The van der Waals surface area contributed by atoms with Gasteiger partial charge in [0.05, 0.1) is 4.92 Å². The number of nitro groups is 1. The molecule has 0 radical (unpaired) electrons. The van der Waals surface area contributed by atoms with E-state index >= 15 is 0 Å². The number of nitro benzene ring substituents is 1. The molecule has 1 aliphatic heterocycles. The first-order chi connectivity index (χ1) is 9.45. The molecule has 0 unspecified atom stereocenters. The van der Waals surface area contributed by atoms with Crippen LogP contribution in [0.25, 0.3) is 0 Å². The molecule has 0 saturated carbocycles. The first-order valence-corrected chi connectivity index (χ1v) is 6.78. The van der Waals surface area contributed by atoms with E-state index in [-0.39, 0.29) is 5.54 Å². The molecule has 0 bridgehead atoms. The minimum atomic E-state index is -0.709. The zero-order valence-corrected chi connectivity index (χ0v) is 11.9. The Balaban J connectivity index is 2.05. The number of likely N-dealkylation sites (tertiary alicyclic amines) is 1. The molecular formula is C14H20FN3O2. The SMILES string of the molecule is CNC1(C)CCN(Cc2cccc([N+](=O)[O-])c2F)CC1. The van der Waals surface area contributed by atoms with Crippen molar-refractivity contribution in [1.82, 2.24) is 10.2 Å². The molecule has 6 heteroatoms. The maximum Gasteiger partial charge on any atom is 0.305 e. The van der Waals surface area contributed by atoms with Gasteiger partial charge in [0.25, 0.3) is 0 Å². The quantitative estimate of drug-likeness (QED) is 0.679. The highest BCUT2D eigenvalue weighted by Crippen LogP contribution is 2.25. The van der Waals surface area contributed by atoms with Crippen LogP contribution in [0.5, 0.6) is 0 Å². The van der Waals surface area contributed by atoms with Gasteiger partial charge in [0.1, 0.15) is 0 Å². The third-order valence-corrected chi connectivity index (χ3v) is 4.21. The number of hydrogen-bond donors (Lipinski definition) is 1. The number of nitrogens with one attached hydrogen (secondary N) is 1. The monoisotopic (exact) mass is 281 g/mol. The van der Waals surface area contributed by atoms with Crippen molar-refractivity contribution in [3.8, 4) is 0 Å². The molecule has 0 spiro atoms. The fourth-order valence-corrected chi connectivity index (χ4v) is 2.52. The van der Waals surface area contributed by atoms with Gasteiger partial charge in [-0.1, -0.05) is 12.1 Å². The number of nitrogens with zero attached hydrogens (tertiary/aromatic N) is 2. The van der Waals surface area contributed by atoms with Crippen LogP contribution in [0.2, 0.25) is 0 Å². The van der Waals surface area contributed by atoms with Gasteiger partial charge in [-0.25, -0.2) is 0 Å². The predicted octanol–water partition coefficient (Wildman–Crippen LogP) is 2.31. The molecular weight excluding hydrogens is 261 g/mol. The average Bonchev–Trinajstić information content (AvgIpc) is 2.43. The van der Waals surface area contributed by atoms with Crippen molar-refractivity contribution in [2.75, 3.05) is 20.1 Å². The summed E-state index contributed by atoms with van der Waals surface area (Å²) in [5.41, 5.74) is 0.0874. The summed E-state index contributed by atoms with van der Waals surface area (Å²) < 4.78 is 14.0. The van der Waals surface area contributed by atoms with E-state index in [0.29, 0.717) is 12.1 Å². The lowest BCUT2D eigenvalue weighted by Crippen LogP contribution is -2.49. The molecule has 0 aliphatic carbocycles. The lowest BCUT2D eigenvalue weighted by Gasteiger charge is -2.39. The van der Waals surface area contributed by atoms with Crippen LogP contribution < -0.4 is 5.32 Å². The molecule has 0 atom stereocenters. The molecule has 1 aromatic carbocycles. The zero-order chi connectivity index (χ0) is 14.8. The molecule has 5 nitrogen and oxygen atoms in total. The second-order valence-corrected chi connectivity index (χ2v) is 5.59. The first kappa shape index (κ1) is 14.9. The summed E-state index contributed by atoms with van der Waals surface area (Å²) in [5, 5.41) is 14.0. The minimum absolute atomic E-state index is 0.137. The highest BCUT2D eigenvalue weighted by molar-refractivity contribution is 5.36. The Bertz CT molecular complexity index is 499.